The average molecular weight is 474 g/mol. The predicted molar refractivity (Wildman–Crippen MR) is 104 cm³/mol. The van der Waals surface area contributed by atoms with Crippen LogP contribution in [0.15, 0.2) is 42.5 Å². The molecule has 1 aliphatic heterocycles. The molecule has 0 radical (unpaired) electrons. The Balaban J connectivity index is 0.00000320. The van der Waals surface area contributed by atoms with Gasteiger partial charge < -0.3 is 10.1 Å². The van der Waals surface area contributed by atoms with Crippen LogP contribution in [0.2, 0.25) is 5.02 Å². The van der Waals surface area contributed by atoms with Crippen LogP contribution >= 0.6 is 24.0 Å². The van der Waals surface area contributed by atoms with E-state index in [1.165, 1.54) is 0 Å². The molecule has 0 spiro atoms. The lowest BCUT2D eigenvalue weighted by atomic mass is 9.89. The van der Waals surface area contributed by atoms with E-state index in [4.69, 9.17) is 16.3 Å². The molecule has 0 aliphatic carbocycles. The van der Waals surface area contributed by atoms with Gasteiger partial charge in [-0.15, -0.1) is 12.4 Å². The van der Waals surface area contributed by atoms with Crippen LogP contribution in [-0.4, -0.2) is 19.7 Å². The van der Waals surface area contributed by atoms with E-state index in [0.29, 0.717) is 30.2 Å². The van der Waals surface area contributed by atoms with Crippen molar-refractivity contribution in [1.82, 2.24) is 5.32 Å². The molecular weight excluding hydrogens is 455 g/mol. The highest BCUT2D eigenvalue weighted by Gasteiger charge is 2.37. The van der Waals surface area contributed by atoms with Gasteiger partial charge in [0, 0.05) is 29.9 Å². The molecule has 30 heavy (non-hydrogen) atoms. The number of hydrogen-bond acceptors (Lipinski definition) is 2. The molecule has 0 amide bonds. The van der Waals surface area contributed by atoms with Crippen LogP contribution in [0.5, 0.6) is 0 Å². The lowest BCUT2D eigenvalue weighted by Gasteiger charge is -2.20. The zero-order valence-electron chi connectivity index (χ0n) is 15.5. The van der Waals surface area contributed by atoms with E-state index in [9.17, 15) is 26.3 Å². The standard InChI is InChI=1S/C20H18ClF6NO.ClH/c21-18-4-2-1-3-16(18)17-9-28-8-13(17)11-29-10-12-5-14(19(22,23)24)7-15(6-12)20(25,26)27;/h1-7,13,17,28H,8-11H2;1H. The molecular formula is C20H19Cl2F6NO. The van der Waals surface area contributed by atoms with Gasteiger partial charge in [-0.1, -0.05) is 29.8 Å². The van der Waals surface area contributed by atoms with Crippen LogP contribution in [0.25, 0.3) is 0 Å². The summed E-state index contributed by atoms with van der Waals surface area (Å²) in [6.07, 6.45) is -9.75. The first-order chi connectivity index (χ1) is 13.6. The van der Waals surface area contributed by atoms with Crippen LogP contribution in [0.1, 0.15) is 28.2 Å². The van der Waals surface area contributed by atoms with Crippen molar-refractivity contribution in [3.05, 3.63) is 69.7 Å². The van der Waals surface area contributed by atoms with Gasteiger partial charge >= 0.3 is 12.4 Å². The van der Waals surface area contributed by atoms with Crippen LogP contribution in [0, 0.1) is 5.92 Å². The van der Waals surface area contributed by atoms with Gasteiger partial charge in [-0.3, -0.25) is 0 Å². The van der Waals surface area contributed by atoms with Crippen LogP contribution in [-0.2, 0) is 23.7 Å². The second kappa shape index (κ2) is 9.77. The quantitative estimate of drug-likeness (QED) is 0.513. The Morgan fingerprint density at radius 1 is 0.933 bits per heavy atom. The number of alkyl halides is 6. The van der Waals surface area contributed by atoms with Crippen molar-refractivity contribution in [2.75, 3.05) is 19.7 Å². The molecule has 10 heteroatoms. The van der Waals surface area contributed by atoms with E-state index >= 15 is 0 Å². The third-order valence-corrected chi connectivity index (χ3v) is 5.24. The lowest BCUT2D eigenvalue weighted by molar-refractivity contribution is -0.143. The normalized spacial score (nSPS) is 19.6. The zero-order valence-corrected chi connectivity index (χ0v) is 17.1. The second-order valence-corrected chi connectivity index (χ2v) is 7.38. The first-order valence-corrected chi connectivity index (χ1v) is 9.25. The fourth-order valence-electron chi connectivity index (χ4n) is 3.48. The summed E-state index contributed by atoms with van der Waals surface area (Å²) in [6, 6.07) is 8.83. The highest BCUT2D eigenvalue weighted by Crippen LogP contribution is 2.37. The molecule has 1 fully saturated rings. The Labute approximate surface area is 181 Å². The van der Waals surface area contributed by atoms with Crippen molar-refractivity contribution in [3.63, 3.8) is 0 Å². The number of nitrogens with one attached hydrogen (secondary N) is 1. The maximum atomic E-state index is 13.0. The number of hydrogen-bond donors (Lipinski definition) is 1. The Kier molecular flexibility index (Phi) is 8.07. The molecule has 2 atom stereocenters. The highest BCUT2D eigenvalue weighted by molar-refractivity contribution is 6.31. The van der Waals surface area contributed by atoms with Gasteiger partial charge in [-0.2, -0.15) is 26.3 Å². The summed E-state index contributed by atoms with van der Waals surface area (Å²) < 4.78 is 83.2. The zero-order chi connectivity index (χ0) is 21.2. The molecule has 2 unspecified atom stereocenters. The maximum Gasteiger partial charge on any atom is 0.416 e. The van der Waals surface area contributed by atoms with Crippen molar-refractivity contribution in [1.29, 1.82) is 0 Å². The minimum atomic E-state index is -4.87. The monoisotopic (exact) mass is 473 g/mol. The molecule has 3 rings (SSSR count). The number of rotatable bonds is 5. The predicted octanol–water partition coefficient (Wildman–Crippen LogP) is 6.32. The first kappa shape index (κ1) is 24.8. The fourth-order valence-corrected chi connectivity index (χ4v) is 3.75. The molecule has 1 saturated heterocycles. The van der Waals surface area contributed by atoms with Crippen LogP contribution in [0.3, 0.4) is 0 Å². The van der Waals surface area contributed by atoms with Gasteiger partial charge in [0.25, 0.3) is 0 Å². The Hall–Kier alpha value is -1.48. The molecule has 166 valence electrons. The molecule has 1 N–H and O–H groups in total. The third kappa shape index (κ3) is 6.03. The summed E-state index contributed by atoms with van der Waals surface area (Å²) in [7, 11) is 0. The summed E-state index contributed by atoms with van der Waals surface area (Å²) >= 11 is 6.24. The van der Waals surface area contributed by atoms with Crippen molar-refractivity contribution < 1.29 is 31.1 Å². The molecule has 2 aromatic carbocycles. The van der Waals surface area contributed by atoms with E-state index in [1.54, 1.807) is 6.07 Å². The smallest absolute Gasteiger partial charge is 0.376 e. The van der Waals surface area contributed by atoms with E-state index in [2.05, 4.69) is 5.32 Å². The Morgan fingerprint density at radius 3 is 2.10 bits per heavy atom. The second-order valence-electron chi connectivity index (χ2n) is 6.98. The summed E-state index contributed by atoms with van der Waals surface area (Å²) in [5, 5.41) is 3.83. The lowest BCUT2D eigenvalue weighted by Crippen LogP contribution is -2.18. The highest BCUT2D eigenvalue weighted by atomic mass is 35.5. The summed E-state index contributed by atoms with van der Waals surface area (Å²) in [6.45, 7) is 1.12. The molecule has 0 saturated carbocycles. The molecule has 1 aliphatic rings. The maximum absolute atomic E-state index is 13.0. The van der Waals surface area contributed by atoms with Gasteiger partial charge in [0.1, 0.15) is 0 Å². The van der Waals surface area contributed by atoms with Crippen molar-refractivity contribution in [2.24, 2.45) is 5.92 Å². The largest absolute Gasteiger partial charge is 0.416 e. The van der Waals surface area contributed by atoms with E-state index < -0.39 is 23.5 Å². The van der Waals surface area contributed by atoms with E-state index in [0.717, 1.165) is 5.56 Å². The SMILES string of the molecule is Cl.FC(F)(F)c1cc(COCC2CNCC2c2ccccc2Cl)cc(C(F)(F)F)c1. The number of ether oxygens (including phenoxy) is 1. The third-order valence-electron chi connectivity index (χ3n) is 4.89. The van der Waals surface area contributed by atoms with Crippen molar-refractivity contribution >= 4 is 24.0 Å². The molecule has 1 heterocycles. The minimum Gasteiger partial charge on any atom is -0.376 e. The minimum absolute atomic E-state index is 0. The fraction of sp³-hybridized carbons (Fsp3) is 0.400. The first-order valence-electron chi connectivity index (χ1n) is 8.87. The summed E-state index contributed by atoms with van der Waals surface area (Å²) in [4.78, 5) is 0. The van der Waals surface area contributed by atoms with Gasteiger partial charge in [-0.25, -0.2) is 0 Å². The topological polar surface area (TPSA) is 21.3 Å². The van der Waals surface area contributed by atoms with Gasteiger partial charge in [0.05, 0.1) is 24.3 Å². The van der Waals surface area contributed by atoms with Crippen molar-refractivity contribution in [3.8, 4) is 0 Å². The summed E-state index contributed by atoms with van der Waals surface area (Å²) in [5.74, 6) is 0.0544. The molecule has 2 nitrogen and oxygen atoms in total. The number of halogens is 8. The van der Waals surface area contributed by atoms with Crippen molar-refractivity contribution in [2.45, 2.75) is 24.9 Å². The van der Waals surface area contributed by atoms with E-state index in [1.807, 2.05) is 18.2 Å². The molecule has 0 bridgehead atoms. The van der Waals surface area contributed by atoms with Gasteiger partial charge in [-0.05, 0) is 35.4 Å². The van der Waals surface area contributed by atoms with Gasteiger partial charge in [0.15, 0.2) is 0 Å². The molecule has 0 aromatic heterocycles. The van der Waals surface area contributed by atoms with E-state index in [-0.39, 0.29) is 49.1 Å². The summed E-state index contributed by atoms with van der Waals surface area (Å²) in [5.41, 5.74) is -1.93. The molecule has 2 aromatic rings. The van der Waals surface area contributed by atoms with Crippen LogP contribution < -0.4 is 5.32 Å². The number of benzene rings is 2. The Morgan fingerprint density at radius 2 is 1.53 bits per heavy atom. The van der Waals surface area contributed by atoms with Crippen LogP contribution in [0.4, 0.5) is 26.3 Å². The Bertz CT molecular complexity index is 824. The van der Waals surface area contributed by atoms with Gasteiger partial charge in [0.2, 0.25) is 0 Å². The average Bonchev–Trinajstić information content (AvgIpc) is 3.09.